The molecule has 2 rings (SSSR count). The van der Waals surface area contributed by atoms with Crippen LogP contribution in [-0.4, -0.2) is 12.5 Å². The summed E-state index contributed by atoms with van der Waals surface area (Å²) >= 11 is 0. The van der Waals surface area contributed by atoms with Crippen LogP contribution in [0.4, 0.5) is 5.69 Å². The molecule has 0 bridgehead atoms. The number of amides is 1. The highest BCUT2D eigenvalue weighted by molar-refractivity contribution is 6.06. The van der Waals surface area contributed by atoms with Crippen LogP contribution in [0.25, 0.3) is 0 Å². The third kappa shape index (κ3) is 1.21. The van der Waals surface area contributed by atoms with E-state index < -0.39 is 5.54 Å². The normalized spacial score (nSPS) is 23.1. The number of likely N-dealkylation sites (N-methyl/N-ethyl adjacent to an activating group) is 1. The lowest BCUT2D eigenvalue weighted by Crippen LogP contribution is -2.96. The molecule has 1 aliphatic rings. The quantitative estimate of drug-likeness (QED) is 0.705. The third-order valence-electron chi connectivity index (χ3n) is 2.64. The lowest BCUT2D eigenvalue weighted by Gasteiger charge is -2.15. The zero-order valence-electron chi connectivity index (χ0n) is 8.45. The van der Waals surface area contributed by atoms with Crippen LogP contribution in [0.1, 0.15) is 12.5 Å². The number of para-hydroxylation sites is 1. The van der Waals surface area contributed by atoms with E-state index in [-0.39, 0.29) is 5.91 Å². The van der Waals surface area contributed by atoms with Gasteiger partial charge in [-0.05, 0) is 19.1 Å². The number of nitrogens with one attached hydrogen (secondary N) is 1. The first-order chi connectivity index (χ1) is 7.24. The van der Waals surface area contributed by atoms with Crippen molar-refractivity contribution in [2.45, 2.75) is 12.5 Å². The van der Waals surface area contributed by atoms with E-state index in [0.717, 1.165) is 11.3 Å². The summed E-state index contributed by atoms with van der Waals surface area (Å²) < 4.78 is 0. The molecule has 1 aromatic rings. The highest BCUT2D eigenvalue weighted by Crippen LogP contribution is 2.32. The van der Waals surface area contributed by atoms with E-state index in [1.54, 1.807) is 5.32 Å². The minimum Gasteiger partial charge on any atom is -0.319 e. The monoisotopic (exact) mass is 202 g/mol. The maximum absolute atomic E-state index is 11.8. The van der Waals surface area contributed by atoms with E-state index in [1.165, 1.54) is 0 Å². The number of carbonyl (C=O) groups excluding carboxylic acids is 1. The Kier molecular flexibility index (Phi) is 2.18. The molecule has 1 heterocycles. The number of hydrogen-bond donors (Lipinski definition) is 2. The van der Waals surface area contributed by atoms with Gasteiger partial charge >= 0.3 is 5.91 Å². The molecular weight excluding hydrogens is 190 g/mol. The number of fused-ring (bicyclic) bond motifs is 1. The van der Waals surface area contributed by atoms with Gasteiger partial charge in [0, 0.05) is 0 Å². The summed E-state index contributed by atoms with van der Waals surface area (Å²) in [6.45, 7) is 2.61. The van der Waals surface area contributed by atoms with Crippen molar-refractivity contribution in [2.75, 3.05) is 11.9 Å². The minimum atomic E-state index is -1.09. The van der Waals surface area contributed by atoms with Crippen molar-refractivity contribution in [3.05, 3.63) is 29.8 Å². The van der Waals surface area contributed by atoms with Crippen LogP contribution in [0.15, 0.2) is 24.3 Å². The van der Waals surface area contributed by atoms with Gasteiger partial charge in [-0.2, -0.15) is 5.26 Å². The van der Waals surface area contributed by atoms with Gasteiger partial charge in [0.25, 0.3) is 5.54 Å². The fraction of sp³-hybridized carbons (Fsp3) is 0.273. The summed E-state index contributed by atoms with van der Waals surface area (Å²) in [5, 5.41) is 13.7. The van der Waals surface area contributed by atoms with Gasteiger partial charge in [-0.1, -0.05) is 12.1 Å². The molecule has 3 N–H and O–H groups in total. The van der Waals surface area contributed by atoms with Gasteiger partial charge in [0.05, 0.1) is 17.8 Å². The van der Waals surface area contributed by atoms with Crippen molar-refractivity contribution in [3.63, 3.8) is 0 Å². The predicted molar refractivity (Wildman–Crippen MR) is 54.8 cm³/mol. The summed E-state index contributed by atoms with van der Waals surface area (Å²) in [5.74, 6) is -0.243. The Morgan fingerprint density at radius 3 is 2.93 bits per heavy atom. The Hall–Kier alpha value is -1.86. The lowest BCUT2D eigenvalue weighted by molar-refractivity contribution is -0.703. The molecule has 0 aromatic heterocycles. The Bertz CT molecular complexity index is 449. The number of rotatable bonds is 2. The first-order valence-electron chi connectivity index (χ1n) is 4.91. The molecule has 0 aliphatic carbocycles. The largest absolute Gasteiger partial charge is 0.319 e. The highest BCUT2D eigenvalue weighted by Gasteiger charge is 2.50. The summed E-state index contributed by atoms with van der Waals surface area (Å²) in [7, 11) is 0. The molecule has 1 aromatic carbocycles. The Morgan fingerprint density at radius 2 is 2.27 bits per heavy atom. The molecule has 1 atom stereocenters. The molecule has 76 valence electrons. The molecule has 0 fully saturated rings. The van der Waals surface area contributed by atoms with E-state index in [9.17, 15) is 10.1 Å². The minimum absolute atomic E-state index is 0.243. The number of benzene rings is 1. The topological polar surface area (TPSA) is 69.5 Å². The maximum Gasteiger partial charge on any atom is 0.306 e. The molecule has 0 spiro atoms. The van der Waals surface area contributed by atoms with Crippen molar-refractivity contribution in [3.8, 4) is 6.07 Å². The molecular formula is C11H12N3O+. The van der Waals surface area contributed by atoms with Gasteiger partial charge in [-0.15, -0.1) is 0 Å². The second kappa shape index (κ2) is 3.37. The van der Waals surface area contributed by atoms with Gasteiger partial charge in [0.1, 0.15) is 6.07 Å². The smallest absolute Gasteiger partial charge is 0.306 e. The number of nitrogens with zero attached hydrogens (tertiary/aromatic N) is 1. The SMILES string of the molecule is CC[NH2+][C@@]1(C#N)C(=O)Nc2ccccc21. The average molecular weight is 202 g/mol. The fourth-order valence-corrected chi connectivity index (χ4v) is 1.94. The van der Waals surface area contributed by atoms with Crippen LogP contribution in [0.3, 0.4) is 0 Å². The molecule has 4 nitrogen and oxygen atoms in total. The summed E-state index contributed by atoms with van der Waals surface area (Å²) in [5.41, 5.74) is 0.416. The van der Waals surface area contributed by atoms with E-state index in [4.69, 9.17) is 0 Å². The van der Waals surface area contributed by atoms with E-state index in [0.29, 0.717) is 6.54 Å². The summed E-state index contributed by atoms with van der Waals surface area (Å²) in [6, 6.07) is 9.44. The van der Waals surface area contributed by atoms with Crippen molar-refractivity contribution in [2.24, 2.45) is 0 Å². The summed E-state index contributed by atoms with van der Waals surface area (Å²) in [4.78, 5) is 11.8. The van der Waals surface area contributed by atoms with Crippen molar-refractivity contribution in [1.29, 1.82) is 5.26 Å². The average Bonchev–Trinajstić information content (AvgIpc) is 2.53. The number of nitriles is 1. The molecule has 4 heteroatoms. The Labute approximate surface area is 87.9 Å². The van der Waals surface area contributed by atoms with Crippen LogP contribution in [-0.2, 0) is 10.3 Å². The number of nitrogens with two attached hydrogens (primary N) is 1. The second-order valence-corrected chi connectivity index (χ2v) is 3.53. The predicted octanol–water partition coefficient (Wildman–Crippen LogP) is -0.0591. The lowest BCUT2D eigenvalue weighted by atomic mass is 9.93. The Morgan fingerprint density at radius 1 is 1.53 bits per heavy atom. The highest BCUT2D eigenvalue weighted by atomic mass is 16.2. The molecule has 0 saturated heterocycles. The van der Waals surface area contributed by atoms with E-state index in [1.807, 2.05) is 31.2 Å². The first kappa shape index (κ1) is 9.69. The van der Waals surface area contributed by atoms with Crippen LogP contribution < -0.4 is 10.6 Å². The van der Waals surface area contributed by atoms with Crippen molar-refractivity contribution >= 4 is 11.6 Å². The standard InChI is InChI=1S/C11H11N3O/c1-2-13-11(7-12)8-5-3-4-6-9(8)14-10(11)15/h3-6,13H,2H2,1H3,(H,14,15)/p+1/t11-/m1/s1. The molecule has 0 radical (unpaired) electrons. The van der Waals surface area contributed by atoms with Crippen LogP contribution in [0.2, 0.25) is 0 Å². The van der Waals surface area contributed by atoms with Crippen LogP contribution in [0.5, 0.6) is 0 Å². The number of carbonyl (C=O) groups is 1. The van der Waals surface area contributed by atoms with E-state index >= 15 is 0 Å². The molecule has 0 saturated carbocycles. The Balaban J connectivity index is 2.58. The zero-order valence-corrected chi connectivity index (χ0v) is 8.45. The number of quaternary nitrogens is 1. The van der Waals surface area contributed by atoms with Crippen molar-refractivity contribution in [1.82, 2.24) is 0 Å². The van der Waals surface area contributed by atoms with Gasteiger partial charge in [-0.3, -0.25) is 4.79 Å². The zero-order chi connectivity index (χ0) is 10.9. The molecule has 0 unspecified atom stereocenters. The molecule has 1 aliphatic heterocycles. The number of anilines is 1. The number of hydrogen-bond acceptors (Lipinski definition) is 2. The third-order valence-corrected chi connectivity index (χ3v) is 2.64. The van der Waals surface area contributed by atoms with Gasteiger partial charge in [-0.25, -0.2) is 0 Å². The van der Waals surface area contributed by atoms with Crippen LogP contribution >= 0.6 is 0 Å². The molecule has 1 amide bonds. The van der Waals surface area contributed by atoms with Gasteiger partial charge in [0.15, 0.2) is 0 Å². The molecule has 15 heavy (non-hydrogen) atoms. The van der Waals surface area contributed by atoms with E-state index in [2.05, 4.69) is 11.4 Å². The van der Waals surface area contributed by atoms with Gasteiger partial charge < -0.3 is 10.6 Å². The first-order valence-corrected chi connectivity index (χ1v) is 4.91. The van der Waals surface area contributed by atoms with Crippen molar-refractivity contribution < 1.29 is 10.1 Å². The summed E-state index contributed by atoms with van der Waals surface area (Å²) in [6.07, 6.45) is 0. The maximum atomic E-state index is 11.8. The van der Waals surface area contributed by atoms with Gasteiger partial charge in [0.2, 0.25) is 0 Å². The van der Waals surface area contributed by atoms with Crippen LogP contribution in [0, 0.1) is 11.3 Å². The second-order valence-electron chi connectivity index (χ2n) is 3.53. The fourth-order valence-electron chi connectivity index (χ4n) is 1.94.